The summed E-state index contributed by atoms with van der Waals surface area (Å²) in [5.41, 5.74) is 1.93. The standard InChI is InChI=1S/C27H27BrN2O6S/c1-5-7-18-23(26(33)36-6-2)24(17-14-16(28)9-11-20(17)34-3)30-25(32)22(37-27(30)29-18)13-15-8-10-19(31)21(12-15)35-4/h8-14,24,31H,5-7H2,1-4H3/b22-13+/t24-/m1/s1. The monoisotopic (exact) mass is 586 g/mol. The van der Waals surface area contributed by atoms with E-state index in [0.717, 1.165) is 10.9 Å². The molecular formula is C27H27BrN2O6S. The van der Waals surface area contributed by atoms with Gasteiger partial charge in [-0.1, -0.05) is 46.7 Å². The first-order chi connectivity index (χ1) is 17.8. The molecule has 0 aliphatic carbocycles. The van der Waals surface area contributed by atoms with Gasteiger partial charge in [-0.05, 0) is 55.3 Å². The lowest BCUT2D eigenvalue weighted by atomic mass is 9.93. The van der Waals surface area contributed by atoms with E-state index in [1.54, 1.807) is 38.3 Å². The summed E-state index contributed by atoms with van der Waals surface area (Å²) >= 11 is 4.75. The number of phenolic OH excluding ortho intramolecular Hbond substituents is 1. The molecule has 3 aromatic rings. The van der Waals surface area contributed by atoms with Crippen molar-refractivity contribution in [3.05, 3.63) is 83.0 Å². The van der Waals surface area contributed by atoms with Crippen LogP contribution in [0.5, 0.6) is 17.2 Å². The van der Waals surface area contributed by atoms with Crippen molar-refractivity contribution in [1.82, 2.24) is 4.57 Å². The van der Waals surface area contributed by atoms with Crippen molar-refractivity contribution >= 4 is 39.3 Å². The highest BCUT2D eigenvalue weighted by atomic mass is 79.9. The normalized spacial score (nSPS) is 15.3. The van der Waals surface area contributed by atoms with Gasteiger partial charge in [-0.15, -0.1) is 0 Å². The van der Waals surface area contributed by atoms with Gasteiger partial charge in [0, 0.05) is 10.0 Å². The molecule has 194 valence electrons. The Labute approximate surface area is 226 Å². The Morgan fingerprint density at radius 2 is 1.92 bits per heavy atom. The van der Waals surface area contributed by atoms with Gasteiger partial charge in [0.05, 0.1) is 36.6 Å². The second kappa shape index (κ2) is 11.4. The van der Waals surface area contributed by atoms with Crippen LogP contribution in [0.1, 0.15) is 43.9 Å². The van der Waals surface area contributed by atoms with Crippen LogP contribution >= 0.6 is 27.3 Å². The van der Waals surface area contributed by atoms with Gasteiger partial charge < -0.3 is 19.3 Å². The van der Waals surface area contributed by atoms with E-state index in [1.165, 1.54) is 29.1 Å². The lowest BCUT2D eigenvalue weighted by Crippen LogP contribution is -2.40. The SMILES string of the molecule is CCCC1=C(C(=O)OCC)[C@@H](c2cc(Br)ccc2OC)n2c(s/c(=C/c3ccc(O)c(OC)c3)c2=O)=N1. The molecule has 0 radical (unpaired) electrons. The lowest BCUT2D eigenvalue weighted by Gasteiger charge is -2.27. The summed E-state index contributed by atoms with van der Waals surface area (Å²) in [5, 5.41) is 9.94. The summed E-state index contributed by atoms with van der Waals surface area (Å²) in [5.74, 6) is 0.323. The molecule has 2 heterocycles. The van der Waals surface area contributed by atoms with Crippen molar-refractivity contribution in [2.24, 2.45) is 4.99 Å². The maximum atomic E-state index is 13.9. The van der Waals surface area contributed by atoms with E-state index in [1.807, 2.05) is 19.1 Å². The second-order valence-electron chi connectivity index (χ2n) is 8.23. The predicted molar refractivity (Wildman–Crippen MR) is 145 cm³/mol. The Balaban J connectivity index is 2.04. The van der Waals surface area contributed by atoms with Crippen molar-refractivity contribution in [3.63, 3.8) is 0 Å². The minimum atomic E-state index is -0.791. The predicted octanol–water partition coefficient (Wildman–Crippen LogP) is 4.06. The molecule has 0 spiro atoms. The molecule has 0 amide bonds. The number of halogens is 1. The number of carbonyl (C=O) groups excluding carboxylic acids is 1. The number of rotatable bonds is 8. The molecule has 0 unspecified atom stereocenters. The molecule has 1 aromatic heterocycles. The number of methoxy groups -OCH3 is 2. The number of thiazole rings is 1. The van der Waals surface area contributed by atoms with E-state index in [9.17, 15) is 14.7 Å². The van der Waals surface area contributed by atoms with Gasteiger partial charge in [-0.3, -0.25) is 9.36 Å². The number of aromatic nitrogens is 1. The number of esters is 1. The molecule has 8 nitrogen and oxygen atoms in total. The summed E-state index contributed by atoms with van der Waals surface area (Å²) in [7, 11) is 3.01. The van der Waals surface area contributed by atoms with Crippen LogP contribution in [0, 0.1) is 0 Å². The first-order valence-corrected chi connectivity index (χ1v) is 13.4. The fourth-order valence-electron chi connectivity index (χ4n) is 4.27. The summed E-state index contributed by atoms with van der Waals surface area (Å²) < 4.78 is 19.0. The summed E-state index contributed by atoms with van der Waals surface area (Å²) in [6.07, 6.45) is 3.02. The summed E-state index contributed by atoms with van der Waals surface area (Å²) in [4.78, 5) is 32.4. The number of aromatic hydroxyl groups is 1. The van der Waals surface area contributed by atoms with E-state index < -0.39 is 12.0 Å². The Bertz CT molecular complexity index is 1560. The third-order valence-electron chi connectivity index (χ3n) is 5.88. The van der Waals surface area contributed by atoms with Crippen molar-refractivity contribution in [2.45, 2.75) is 32.7 Å². The maximum Gasteiger partial charge on any atom is 0.338 e. The number of ether oxygens (including phenoxy) is 3. The molecule has 0 saturated carbocycles. The molecule has 0 bridgehead atoms. The lowest BCUT2D eigenvalue weighted by molar-refractivity contribution is -0.139. The molecular weight excluding hydrogens is 560 g/mol. The zero-order valence-corrected chi connectivity index (χ0v) is 23.3. The molecule has 2 aromatic carbocycles. The fraction of sp³-hybridized carbons (Fsp3) is 0.296. The van der Waals surface area contributed by atoms with Gasteiger partial charge in [-0.2, -0.15) is 0 Å². The number of phenols is 1. The van der Waals surface area contributed by atoms with E-state index in [0.29, 0.717) is 49.7 Å². The highest BCUT2D eigenvalue weighted by Gasteiger charge is 2.36. The number of benzene rings is 2. The third kappa shape index (κ3) is 5.21. The van der Waals surface area contributed by atoms with E-state index in [-0.39, 0.29) is 17.9 Å². The smallest absolute Gasteiger partial charge is 0.338 e. The zero-order valence-electron chi connectivity index (χ0n) is 20.9. The van der Waals surface area contributed by atoms with Crippen molar-refractivity contribution < 1.29 is 24.1 Å². The van der Waals surface area contributed by atoms with Gasteiger partial charge in [-0.25, -0.2) is 9.79 Å². The van der Waals surface area contributed by atoms with Crippen LogP contribution < -0.4 is 24.4 Å². The highest BCUT2D eigenvalue weighted by Crippen LogP contribution is 2.38. The van der Waals surface area contributed by atoms with Crippen LogP contribution in [0.2, 0.25) is 0 Å². The minimum Gasteiger partial charge on any atom is -0.504 e. The second-order valence-corrected chi connectivity index (χ2v) is 10.2. The van der Waals surface area contributed by atoms with E-state index in [2.05, 4.69) is 15.9 Å². The Morgan fingerprint density at radius 1 is 1.16 bits per heavy atom. The molecule has 1 N–H and O–H groups in total. The van der Waals surface area contributed by atoms with Crippen LogP contribution in [-0.2, 0) is 9.53 Å². The third-order valence-corrected chi connectivity index (χ3v) is 7.36. The first-order valence-electron chi connectivity index (χ1n) is 11.7. The van der Waals surface area contributed by atoms with Gasteiger partial charge in [0.1, 0.15) is 11.8 Å². The van der Waals surface area contributed by atoms with Crippen LogP contribution in [-0.4, -0.2) is 36.5 Å². The highest BCUT2D eigenvalue weighted by molar-refractivity contribution is 9.10. The van der Waals surface area contributed by atoms with Crippen LogP contribution in [0.25, 0.3) is 6.08 Å². The van der Waals surface area contributed by atoms with Gasteiger partial charge in [0.15, 0.2) is 16.3 Å². The van der Waals surface area contributed by atoms with Crippen LogP contribution in [0.4, 0.5) is 0 Å². The molecule has 37 heavy (non-hydrogen) atoms. The number of hydrogen-bond donors (Lipinski definition) is 1. The topological polar surface area (TPSA) is 99.4 Å². The molecule has 0 saturated heterocycles. The van der Waals surface area contributed by atoms with Crippen LogP contribution in [0.15, 0.2) is 61.9 Å². The molecule has 1 atom stereocenters. The molecule has 1 aliphatic rings. The number of nitrogens with zero attached hydrogens (tertiary/aromatic N) is 2. The number of fused-ring (bicyclic) bond motifs is 1. The number of hydrogen-bond acceptors (Lipinski definition) is 8. The molecule has 4 rings (SSSR count). The maximum absolute atomic E-state index is 13.9. The largest absolute Gasteiger partial charge is 0.504 e. The van der Waals surface area contributed by atoms with Gasteiger partial charge in [0.2, 0.25) is 0 Å². The quantitative estimate of drug-likeness (QED) is 0.399. The molecule has 0 fully saturated rings. The van der Waals surface area contributed by atoms with Crippen molar-refractivity contribution in [1.29, 1.82) is 0 Å². The number of allylic oxidation sites excluding steroid dienone is 1. The Hall–Kier alpha value is -3.37. The summed E-state index contributed by atoms with van der Waals surface area (Å²) in [6, 6.07) is 9.53. The fourth-order valence-corrected chi connectivity index (χ4v) is 5.67. The van der Waals surface area contributed by atoms with Gasteiger partial charge in [0.25, 0.3) is 5.56 Å². The Morgan fingerprint density at radius 3 is 2.59 bits per heavy atom. The Kier molecular flexibility index (Phi) is 8.19. The average Bonchev–Trinajstić information content (AvgIpc) is 3.19. The molecule has 1 aliphatic heterocycles. The van der Waals surface area contributed by atoms with E-state index >= 15 is 0 Å². The van der Waals surface area contributed by atoms with E-state index in [4.69, 9.17) is 19.2 Å². The average molecular weight is 587 g/mol. The van der Waals surface area contributed by atoms with Crippen molar-refractivity contribution in [3.8, 4) is 17.2 Å². The van der Waals surface area contributed by atoms with Gasteiger partial charge >= 0.3 is 5.97 Å². The number of carbonyl (C=O) groups is 1. The minimum absolute atomic E-state index is 0.00569. The summed E-state index contributed by atoms with van der Waals surface area (Å²) in [6.45, 7) is 3.94. The zero-order chi connectivity index (χ0) is 26.7. The molecule has 10 heteroatoms. The van der Waals surface area contributed by atoms with Crippen molar-refractivity contribution in [2.75, 3.05) is 20.8 Å². The first kappa shape index (κ1) is 26.7. The van der Waals surface area contributed by atoms with Crippen LogP contribution in [0.3, 0.4) is 0 Å².